The Morgan fingerprint density at radius 3 is 2.22 bits per heavy atom. The standard InChI is InChI=1S/C23H29N5O3S/c1-15(2)28-22-21(18(5)25-28)20(14-17(4)24-22)23(29)26-10-12-27(13-11-26)32(30,31)19-8-6-16(3)7-9-19/h6-9,14-15H,10-13H2,1-5H3. The molecular weight excluding hydrogens is 426 g/mol. The van der Waals surface area contributed by atoms with Crippen LogP contribution in [0, 0.1) is 20.8 Å². The number of hydrogen-bond acceptors (Lipinski definition) is 5. The van der Waals surface area contributed by atoms with Crippen LogP contribution in [0.3, 0.4) is 0 Å². The van der Waals surface area contributed by atoms with Crippen LogP contribution >= 0.6 is 0 Å². The lowest BCUT2D eigenvalue weighted by Crippen LogP contribution is -2.50. The second-order valence-corrected chi connectivity index (χ2v) is 10.6. The minimum Gasteiger partial charge on any atom is -0.336 e. The minimum atomic E-state index is -3.57. The van der Waals surface area contributed by atoms with Gasteiger partial charge in [-0.1, -0.05) is 17.7 Å². The van der Waals surface area contributed by atoms with Crippen molar-refractivity contribution in [2.75, 3.05) is 26.2 Å². The van der Waals surface area contributed by atoms with E-state index in [1.165, 1.54) is 4.31 Å². The molecule has 1 aliphatic heterocycles. The Balaban J connectivity index is 1.58. The van der Waals surface area contributed by atoms with E-state index in [-0.39, 0.29) is 29.9 Å². The highest BCUT2D eigenvalue weighted by atomic mass is 32.2. The summed E-state index contributed by atoms with van der Waals surface area (Å²) in [5.74, 6) is -0.112. The van der Waals surface area contributed by atoms with Crippen LogP contribution in [0.2, 0.25) is 0 Å². The summed E-state index contributed by atoms with van der Waals surface area (Å²) in [6, 6.07) is 8.78. The van der Waals surface area contributed by atoms with E-state index in [0.29, 0.717) is 24.3 Å². The van der Waals surface area contributed by atoms with Crippen molar-refractivity contribution in [3.63, 3.8) is 0 Å². The second kappa shape index (κ2) is 8.29. The summed E-state index contributed by atoms with van der Waals surface area (Å²) >= 11 is 0. The molecule has 32 heavy (non-hydrogen) atoms. The Morgan fingerprint density at radius 1 is 1.00 bits per heavy atom. The van der Waals surface area contributed by atoms with Gasteiger partial charge in [0.2, 0.25) is 10.0 Å². The maximum absolute atomic E-state index is 13.5. The Bertz CT molecular complexity index is 1270. The van der Waals surface area contributed by atoms with E-state index in [4.69, 9.17) is 0 Å². The van der Waals surface area contributed by atoms with Crippen LogP contribution < -0.4 is 0 Å². The molecular formula is C23H29N5O3S. The summed E-state index contributed by atoms with van der Waals surface area (Å²) in [6.07, 6.45) is 0. The molecule has 1 amide bonds. The molecule has 0 saturated carbocycles. The van der Waals surface area contributed by atoms with Crippen molar-refractivity contribution in [3.8, 4) is 0 Å². The average Bonchev–Trinajstić information content (AvgIpc) is 3.09. The van der Waals surface area contributed by atoms with E-state index in [1.807, 2.05) is 39.3 Å². The molecule has 0 radical (unpaired) electrons. The zero-order valence-electron chi connectivity index (χ0n) is 19.2. The van der Waals surface area contributed by atoms with Crippen molar-refractivity contribution >= 4 is 27.0 Å². The van der Waals surface area contributed by atoms with Gasteiger partial charge in [-0.2, -0.15) is 9.40 Å². The quantitative estimate of drug-likeness (QED) is 0.603. The highest BCUT2D eigenvalue weighted by Gasteiger charge is 2.31. The molecule has 4 rings (SSSR count). The van der Waals surface area contributed by atoms with E-state index < -0.39 is 10.0 Å². The molecule has 3 aromatic rings. The summed E-state index contributed by atoms with van der Waals surface area (Å²) in [6.45, 7) is 10.9. The Kier molecular flexibility index (Phi) is 5.81. The number of aromatic nitrogens is 3. The van der Waals surface area contributed by atoms with E-state index in [1.54, 1.807) is 35.2 Å². The average molecular weight is 456 g/mol. The number of carbonyl (C=O) groups is 1. The van der Waals surface area contributed by atoms with Crippen molar-refractivity contribution < 1.29 is 13.2 Å². The number of amides is 1. The third kappa shape index (κ3) is 3.91. The number of piperazine rings is 1. The van der Waals surface area contributed by atoms with E-state index in [2.05, 4.69) is 10.1 Å². The van der Waals surface area contributed by atoms with Gasteiger partial charge in [0.1, 0.15) is 0 Å². The molecule has 1 saturated heterocycles. The first-order chi connectivity index (χ1) is 15.1. The highest BCUT2D eigenvalue weighted by molar-refractivity contribution is 7.89. The van der Waals surface area contributed by atoms with Gasteiger partial charge in [0.25, 0.3) is 5.91 Å². The van der Waals surface area contributed by atoms with Gasteiger partial charge in [0.05, 0.1) is 21.5 Å². The number of nitrogens with zero attached hydrogens (tertiary/aromatic N) is 5. The fourth-order valence-electron chi connectivity index (χ4n) is 4.13. The molecule has 1 aromatic carbocycles. The van der Waals surface area contributed by atoms with Crippen molar-refractivity contribution in [1.82, 2.24) is 24.0 Å². The molecule has 1 fully saturated rings. The Hall–Kier alpha value is -2.78. The normalized spacial score (nSPS) is 15.6. The topological polar surface area (TPSA) is 88.4 Å². The van der Waals surface area contributed by atoms with Gasteiger partial charge in [0.15, 0.2) is 5.65 Å². The SMILES string of the molecule is Cc1ccc(S(=O)(=O)N2CCN(C(=O)c3cc(C)nc4c3c(C)nn4C(C)C)CC2)cc1. The Labute approximate surface area is 188 Å². The number of aryl methyl sites for hydroxylation is 3. The molecule has 0 unspecified atom stereocenters. The summed E-state index contributed by atoms with van der Waals surface area (Å²) in [4.78, 5) is 20.1. The lowest BCUT2D eigenvalue weighted by Gasteiger charge is -2.34. The van der Waals surface area contributed by atoms with Gasteiger partial charge in [-0.15, -0.1) is 0 Å². The van der Waals surface area contributed by atoms with Gasteiger partial charge in [-0.05, 0) is 52.8 Å². The van der Waals surface area contributed by atoms with Crippen LogP contribution in [0.5, 0.6) is 0 Å². The smallest absolute Gasteiger partial charge is 0.254 e. The predicted octanol–water partition coefficient (Wildman–Crippen LogP) is 3.08. The van der Waals surface area contributed by atoms with Crippen molar-refractivity contribution in [1.29, 1.82) is 0 Å². The van der Waals surface area contributed by atoms with Crippen LogP contribution in [0.15, 0.2) is 35.2 Å². The number of carbonyl (C=O) groups excluding carboxylic acids is 1. The molecule has 3 heterocycles. The zero-order chi connectivity index (χ0) is 23.2. The summed E-state index contributed by atoms with van der Waals surface area (Å²) < 4.78 is 29.3. The first-order valence-corrected chi connectivity index (χ1v) is 12.3. The number of sulfonamides is 1. The van der Waals surface area contributed by atoms with E-state index >= 15 is 0 Å². The number of hydrogen-bond donors (Lipinski definition) is 0. The Morgan fingerprint density at radius 2 is 1.62 bits per heavy atom. The summed E-state index contributed by atoms with van der Waals surface area (Å²) in [5.41, 5.74) is 3.82. The van der Waals surface area contributed by atoms with Crippen molar-refractivity contribution in [2.45, 2.75) is 45.6 Å². The lowest BCUT2D eigenvalue weighted by molar-refractivity contribution is 0.0699. The monoisotopic (exact) mass is 455 g/mol. The lowest BCUT2D eigenvalue weighted by atomic mass is 10.1. The van der Waals surface area contributed by atoms with Crippen LogP contribution in [-0.2, 0) is 10.0 Å². The van der Waals surface area contributed by atoms with Gasteiger partial charge in [-0.3, -0.25) is 4.79 Å². The third-order valence-corrected chi connectivity index (χ3v) is 7.78. The maximum Gasteiger partial charge on any atom is 0.254 e. The van der Waals surface area contributed by atoms with Gasteiger partial charge >= 0.3 is 0 Å². The van der Waals surface area contributed by atoms with Gasteiger partial charge in [0, 0.05) is 37.9 Å². The number of rotatable bonds is 4. The molecule has 0 N–H and O–H groups in total. The van der Waals surface area contributed by atoms with Crippen LogP contribution in [0.4, 0.5) is 0 Å². The maximum atomic E-state index is 13.5. The minimum absolute atomic E-state index is 0.112. The van der Waals surface area contributed by atoms with Crippen LogP contribution in [0.1, 0.15) is 47.2 Å². The van der Waals surface area contributed by atoms with Crippen molar-refractivity contribution in [2.24, 2.45) is 0 Å². The zero-order valence-corrected chi connectivity index (χ0v) is 20.0. The molecule has 170 valence electrons. The first kappa shape index (κ1) is 22.4. The molecule has 0 aliphatic carbocycles. The second-order valence-electron chi connectivity index (χ2n) is 8.64. The molecule has 0 bridgehead atoms. The third-order valence-electron chi connectivity index (χ3n) is 5.87. The van der Waals surface area contributed by atoms with Crippen molar-refractivity contribution in [3.05, 3.63) is 52.8 Å². The molecule has 0 atom stereocenters. The van der Waals surface area contributed by atoms with E-state index in [0.717, 1.165) is 22.3 Å². The summed E-state index contributed by atoms with van der Waals surface area (Å²) in [5, 5.41) is 5.37. The fourth-order valence-corrected chi connectivity index (χ4v) is 5.55. The number of fused-ring (bicyclic) bond motifs is 1. The van der Waals surface area contributed by atoms with Crippen LogP contribution in [0.25, 0.3) is 11.0 Å². The molecule has 2 aromatic heterocycles. The fraction of sp³-hybridized carbons (Fsp3) is 0.435. The van der Waals surface area contributed by atoms with Gasteiger partial charge in [-0.25, -0.2) is 18.1 Å². The molecule has 0 spiro atoms. The van der Waals surface area contributed by atoms with E-state index in [9.17, 15) is 13.2 Å². The molecule has 1 aliphatic rings. The molecule has 8 nitrogen and oxygen atoms in total. The largest absolute Gasteiger partial charge is 0.336 e. The molecule has 9 heteroatoms. The predicted molar refractivity (Wildman–Crippen MR) is 123 cm³/mol. The highest BCUT2D eigenvalue weighted by Crippen LogP contribution is 2.26. The number of benzene rings is 1. The first-order valence-electron chi connectivity index (χ1n) is 10.8. The van der Waals surface area contributed by atoms with Crippen LogP contribution in [-0.4, -0.2) is 64.5 Å². The number of pyridine rings is 1. The van der Waals surface area contributed by atoms with Gasteiger partial charge < -0.3 is 4.90 Å². The summed E-state index contributed by atoms with van der Waals surface area (Å²) in [7, 11) is -3.57.